The van der Waals surface area contributed by atoms with Crippen LogP contribution in [0.1, 0.15) is 31.2 Å². The van der Waals surface area contributed by atoms with Crippen LogP contribution in [0.25, 0.3) is 0 Å². The minimum Gasteiger partial charge on any atom is -0.381 e. The predicted molar refractivity (Wildman–Crippen MR) is 113 cm³/mol. The molecule has 6 heteroatoms. The molecule has 0 aliphatic carbocycles. The van der Waals surface area contributed by atoms with Crippen molar-refractivity contribution in [2.75, 3.05) is 60.0 Å². The maximum absolute atomic E-state index is 14.0. The molecule has 0 aromatic heterocycles. The van der Waals surface area contributed by atoms with E-state index < -0.39 is 0 Å². The Bertz CT molecular complexity index is 649. The lowest BCUT2D eigenvalue weighted by atomic mass is 9.94. The molecule has 0 bridgehead atoms. The van der Waals surface area contributed by atoms with Crippen molar-refractivity contribution in [2.24, 2.45) is 11.8 Å². The van der Waals surface area contributed by atoms with Gasteiger partial charge in [0, 0.05) is 57.4 Å². The molecule has 0 saturated carbocycles. The number of hydrogen-bond acceptors (Lipinski definition) is 4. The number of piperidine rings is 1. The minimum absolute atomic E-state index is 0.101. The van der Waals surface area contributed by atoms with Crippen LogP contribution in [0.5, 0.6) is 0 Å². The number of hydrogen-bond donors (Lipinski definition) is 0. The van der Waals surface area contributed by atoms with Gasteiger partial charge in [-0.1, -0.05) is 18.2 Å². The number of rotatable bonds is 8. The average molecular weight is 406 g/mol. The summed E-state index contributed by atoms with van der Waals surface area (Å²) in [5.74, 6) is 0.712. The van der Waals surface area contributed by atoms with Crippen molar-refractivity contribution in [3.05, 3.63) is 35.6 Å². The van der Waals surface area contributed by atoms with Gasteiger partial charge in [0.25, 0.3) is 0 Å². The molecule has 1 amide bonds. The van der Waals surface area contributed by atoms with Gasteiger partial charge in [-0.25, -0.2) is 4.39 Å². The Kier molecular flexibility index (Phi) is 8.45. The third-order valence-electron chi connectivity index (χ3n) is 6.13. The fourth-order valence-corrected chi connectivity index (χ4v) is 4.44. The van der Waals surface area contributed by atoms with Crippen LogP contribution in [0.15, 0.2) is 24.3 Å². The summed E-state index contributed by atoms with van der Waals surface area (Å²) in [6.07, 6.45) is 3.90. The molecular formula is C23H36FN3O2. The summed E-state index contributed by atoms with van der Waals surface area (Å²) in [7, 11) is 4.10. The van der Waals surface area contributed by atoms with E-state index in [1.165, 1.54) is 6.07 Å². The van der Waals surface area contributed by atoms with E-state index >= 15 is 0 Å². The van der Waals surface area contributed by atoms with Crippen LogP contribution < -0.4 is 0 Å². The van der Waals surface area contributed by atoms with Crippen LogP contribution in [0.2, 0.25) is 0 Å². The highest BCUT2D eigenvalue weighted by Crippen LogP contribution is 2.23. The van der Waals surface area contributed by atoms with Crippen molar-refractivity contribution in [3.8, 4) is 0 Å². The van der Waals surface area contributed by atoms with E-state index in [2.05, 4.69) is 14.7 Å². The van der Waals surface area contributed by atoms with Gasteiger partial charge in [0.2, 0.25) is 5.91 Å². The van der Waals surface area contributed by atoms with Crippen molar-refractivity contribution >= 4 is 5.91 Å². The van der Waals surface area contributed by atoms with Gasteiger partial charge in [0.05, 0.1) is 0 Å². The molecule has 1 aromatic rings. The first-order valence-electron chi connectivity index (χ1n) is 11.0. The number of carbonyl (C=O) groups excluding carboxylic acids is 1. The molecule has 2 aliphatic rings. The maximum Gasteiger partial charge on any atom is 0.225 e. The molecule has 2 saturated heterocycles. The molecule has 1 atom stereocenters. The van der Waals surface area contributed by atoms with Gasteiger partial charge >= 0.3 is 0 Å². The first-order chi connectivity index (χ1) is 14.0. The van der Waals surface area contributed by atoms with E-state index in [1.807, 2.05) is 26.2 Å². The summed E-state index contributed by atoms with van der Waals surface area (Å²) in [6.45, 7) is 6.40. The second kappa shape index (κ2) is 11.0. The Hall–Kier alpha value is -1.50. The molecule has 0 radical (unpaired) electrons. The average Bonchev–Trinajstić information content (AvgIpc) is 2.73. The smallest absolute Gasteiger partial charge is 0.225 e. The molecule has 0 N–H and O–H groups in total. The third kappa shape index (κ3) is 6.76. The first-order valence-corrected chi connectivity index (χ1v) is 11.0. The number of carbonyl (C=O) groups is 1. The fourth-order valence-electron chi connectivity index (χ4n) is 4.44. The minimum atomic E-state index is -0.128. The second-order valence-electron chi connectivity index (χ2n) is 8.81. The van der Waals surface area contributed by atoms with Crippen molar-refractivity contribution in [3.63, 3.8) is 0 Å². The lowest BCUT2D eigenvalue weighted by molar-refractivity contribution is -0.139. The normalized spacial score (nSPS) is 21.4. The third-order valence-corrected chi connectivity index (χ3v) is 6.13. The molecule has 29 heavy (non-hydrogen) atoms. The predicted octanol–water partition coefficient (Wildman–Crippen LogP) is 2.85. The van der Waals surface area contributed by atoms with E-state index in [4.69, 9.17) is 4.74 Å². The van der Waals surface area contributed by atoms with Crippen molar-refractivity contribution in [1.29, 1.82) is 0 Å². The van der Waals surface area contributed by atoms with Crippen LogP contribution in [0.4, 0.5) is 4.39 Å². The number of nitrogens with zero attached hydrogens (tertiary/aromatic N) is 3. The topological polar surface area (TPSA) is 36.0 Å². The zero-order chi connectivity index (χ0) is 20.6. The summed E-state index contributed by atoms with van der Waals surface area (Å²) >= 11 is 0. The molecule has 3 rings (SSSR count). The van der Waals surface area contributed by atoms with Gasteiger partial charge in [-0.3, -0.25) is 9.69 Å². The number of amides is 1. The molecular weight excluding hydrogens is 369 g/mol. The Balaban J connectivity index is 1.59. The molecule has 2 aliphatic heterocycles. The zero-order valence-electron chi connectivity index (χ0n) is 18.0. The van der Waals surface area contributed by atoms with Crippen LogP contribution in [0.3, 0.4) is 0 Å². The van der Waals surface area contributed by atoms with Crippen molar-refractivity contribution in [2.45, 2.75) is 32.2 Å². The molecule has 2 fully saturated rings. The SMILES string of the molecule is CN(C)CCN(C[C@H]1CCCN(Cc2ccccc2F)C1)C(=O)C1CCOCC1. The largest absolute Gasteiger partial charge is 0.381 e. The van der Waals surface area contributed by atoms with E-state index in [-0.39, 0.29) is 11.7 Å². The Labute approximate surface area is 174 Å². The zero-order valence-corrected chi connectivity index (χ0v) is 18.0. The molecule has 0 unspecified atom stereocenters. The summed E-state index contributed by atoms with van der Waals surface area (Å²) in [4.78, 5) is 19.8. The maximum atomic E-state index is 14.0. The van der Waals surface area contributed by atoms with E-state index in [0.717, 1.165) is 64.0 Å². The van der Waals surface area contributed by atoms with Crippen LogP contribution >= 0.6 is 0 Å². The number of benzene rings is 1. The van der Waals surface area contributed by atoms with Gasteiger partial charge in [-0.2, -0.15) is 0 Å². The Morgan fingerprint density at radius 2 is 1.93 bits per heavy atom. The lowest BCUT2D eigenvalue weighted by Crippen LogP contribution is -2.47. The highest BCUT2D eigenvalue weighted by atomic mass is 19.1. The first kappa shape index (κ1) is 22.2. The van der Waals surface area contributed by atoms with Gasteiger partial charge in [-0.15, -0.1) is 0 Å². The van der Waals surface area contributed by atoms with Crippen molar-refractivity contribution in [1.82, 2.24) is 14.7 Å². The quantitative estimate of drug-likeness (QED) is 0.666. The molecule has 5 nitrogen and oxygen atoms in total. The summed E-state index contributed by atoms with van der Waals surface area (Å²) in [6, 6.07) is 7.04. The van der Waals surface area contributed by atoms with E-state index in [0.29, 0.717) is 31.6 Å². The van der Waals surface area contributed by atoms with Crippen LogP contribution in [-0.2, 0) is 16.1 Å². The summed E-state index contributed by atoms with van der Waals surface area (Å²) in [5.41, 5.74) is 0.760. The standard InChI is InChI=1S/C23H36FN3O2/c1-25(2)12-13-27(23(28)20-9-14-29-15-10-20)17-19-6-5-11-26(16-19)18-21-7-3-4-8-22(21)24/h3-4,7-8,19-20H,5-6,9-18H2,1-2H3/t19-/m0/s1. The second-order valence-corrected chi connectivity index (χ2v) is 8.81. The van der Waals surface area contributed by atoms with Crippen LogP contribution in [0, 0.1) is 17.7 Å². The molecule has 162 valence electrons. The van der Waals surface area contributed by atoms with Gasteiger partial charge in [-0.05, 0) is 58.3 Å². The number of ether oxygens (including phenoxy) is 1. The monoisotopic (exact) mass is 405 g/mol. The highest BCUT2D eigenvalue weighted by molar-refractivity contribution is 5.79. The number of likely N-dealkylation sites (tertiary alicyclic amines) is 1. The van der Waals surface area contributed by atoms with Gasteiger partial charge in [0.15, 0.2) is 0 Å². The van der Waals surface area contributed by atoms with Crippen molar-refractivity contribution < 1.29 is 13.9 Å². The Morgan fingerprint density at radius 3 is 2.66 bits per heavy atom. The lowest BCUT2D eigenvalue weighted by Gasteiger charge is -2.37. The summed E-state index contributed by atoms with van der Waals surface area (Å²) < 4.78 is 19.5. The number of halogens is 1. The van der Waals surface area contributed by atoms with E-state index in [9.17, 15) is 9.18 Å². The molecule has 2 heterocycles. The van der Waals surface area contributed by atoms with E-state index in [1.54, 1.807) is 6.07 Å². The molecule has 0 spiro atoms. The number of likely N-dealkylation sites (N-methyl/N-ethyl adjacent to an activating group) is 1. The highest BCUT2D eigenvalue weighted by Gasteiger charge is 2.29. The van der Waals surface area contributed by atoms with Gasteiger partial charge < -0.3 is 14.5 Å². The molecule has 1 aromatic carbocycles. The van der Waals surface area contributed by atoms with Crippen LogP contribution in [-0.4, -0.2) is 80.6 Å². The van der Waals surface area contributed by atoms with Gasteiger partial charge in [0.1, 0.15) is 5.82 Å². The Morgan fingerprint density at radius 1 is 1.17 bits per heavy atom. The summed E-state index contributed by atoms with van der Waals surface area (Å²) in [5, 5.41) is 0. The fraction of sp³-hybridized carbons (Fsp3) is 0.696.